The summed E-state index contributed by atoms with van der Waals surface area (Å²) in [6.07, 6.45) is 5.97. The highest BCUT2D eigenvalue weighted by Gasteiger charge is 2.24. The number of carbonyl (C=O) groups excluding carboxylic acids is 1. The summed E-state index contributed by atoms with van der Waals surface area (Å²) in [4.78, 5) is 23.0. The third kappa shape index (κ3) is 6.12. The van der Waals surface area contributed by atoms with Crippen molar-refractivity contribution in [2.45, 2.75) is 31.3 Å². The lowest BCUT2D eigenvalue weighted by Crippen LogP contribution is -2.52. The van der Waals surface area contributed by atoms with E-state index in [1.165, 1.54) is 0 Å². The molecule has 0 radical (unpaired) electrons. The van der Waals surface area contributed by atoms with E-state index in [0.717, 1.165) is 24.9 Å². The molecule has 2 heterocycles. The number of rotatable bonds is 5. The van der Waals surface area contributed by atoms with Crippen LogP contribution in [0.3, 0.4) is 0 Å². The van der Waals surface area contributed by atoms with Crippen LogP contribution < -0.4 is 16.0 Å². The predicted octanol–water partition coefficient (Wildman–Crippen LogP) is 1.98. The molecule has 1 fully saturated rings. The summed E-state index contributed by atoms with van der Waals surface area (Å²) in [5, 5.41) is 3.08. The monoisotopic (exact) mass is 397 g/mol. The molecule has 1 aliphatic heterocycles. The van der Waals surface area contributed by atoms with Crippen molar-refractivity contribution in [1.82, 2.24) is 15.3 Å². The molecule has 1 aliphatic rings. The van der Waals surface area contributed by atoms with Gasteiger partial charge in [0.15, 0.2) is 0 Å². The Labute approximate surface area is 166 Å². The van der Waals surface area contributed by atoms with E-state index in [4.69, 9.17) is 5.73 Å². The standard InChI is InChI=1S/C18H23N5O.2ClH/c19-16(12-14-6-2-1-3-7-14)17(24)22-15-8-4-11-23(13-15)18-20-9-5-10-21-18;;/h1-3,5-7,9-10,15-16H,4,8,11-13,19H2,(H,22,24);2*1H/t15?,16-;;/m0../s1. The van der Waals surface area contributed by atoms with Crippen LogP contribution in [0.25, 0.3) is 0 Å². The van der Waals surface area contributed by atoms with Crippen LogP contribution >= 0.6 is 24.8 Å². The smallest absolute Gasteiger partial charge is 0.237 e. The van der Waals surface area contributed by atoms with Crippen LogP contribution in [0.15, 0.2) is 48.8 Å². The van der Waals surface area contributed by atoms with Gasteiger partial charge >= 0.3 is 0 Å². The van der Waals surface area contributed by atoms with Gasteiger partial charge in [0.25, 0.3) is 0 Å². The summed E-state index contributed by atoms with van der Waals surface area (Å²) in [6.45, 7) is 1.63. The van der Waals surface area contributed by atoms with E-state index in [-0.39, 0.29) is 36.8 Å². The highest BCUT2D eigenvalue weighted by Crippen LogP contribution is 2.15. The molecular weight excluding hydrogens is 373 g/mol. The van der Waals surface area contributed by atoms with Crippen LogP contribution in [0, 0.1) is 0 Å². The Morgan fingerprint density at radius 1 is 1.19 bits per heavy atom. The van der Waals surface area contributed by atoms with Crippen molar-refractivity contribution in [3.8, 4) is 0 Å². The number of nitrogens with two attached hydrogens (primary N) is 1. The van der Waals surface area contributed by atoms with Crippen molar-refractivity contribution in [3.63, 3.8) is 0 Å². The Morgan fingerprint density at radius 3 is 2.58 bits per heavy atom. The maximum absolute atomic E-state index is 12.4. The van der Waals surface area contributed by atoms with Crippen LogP contribution in [0.5, 0.6) is 0 Å². The number of benzene rings is 1. The number of piperidine rings is 1. The Hall–Kier alpha value is -1.89. The van der Waals surface area contributed by atoms with Crippen molar-refractivity contribution in [3.05, 3.63) is 54.4 Å². The molecule has 2 aromatic rings. The van der Waals surface area contributed by atoms with E-state index in [9.17, 15) is 4.79 Å². The molecule has 1 aromatic carbocycles. The second-order valence-corrected chi connectivity index (χ2v) is 6.14. The molecule has 0 bridgehead atoms. The fraction of sp³-hybridized carbons (Fsp3) is 0.389. The summed E-state index contributed by atoms with van der Waals surface area (Å²) in [5.74, 6) is 0.615. The number of nitrogens with zero attached hydrogens (tertiary/aromatic N) is 3. The average molecular weight is 398 g/mol. The van der Waals surface area contributed by atoms with Crippen LogP contribution in [-0.2, 0) is 11.2 Å². The van der Waals surface area contributed by atoms with E-state index in [0.29, 0.717) is 18.9 Å². The lowest BCUT2D eigenvalue weighted by atomic mass is 10.0. The number of anilines is 1. The van der Waals surface area contributed by atoms with Crippen molar-refractivity contribution < 1.29 is 4.79 Å². The summed E-state index contributed by atoms with van der Waals surface area (Å²) >= 11 is 0. The molecule has 1 aromatic heterocycles. The van der Waals surface area contributed by atoms with Crippen LogP contribution in [-0.4, -0.2) is 41.0 Å². The summed E-state index contributed by atoms with van der Waals surface area (Å²) in [7, 11) is 0. The Balaban J connectivity index is 0.00000169. The largest absolute Gasteiger partial charge is 0.350 e. The van der Waals surface area contributed by atoms with Gasteiger partial charge in [-0.25, -0.2) is 9.97 Å². The first-order valence-electron chi connectivity index (χ1n) is 8.34. The fourth-order valence-electron chi connectivity index (χ4n) is 3.00. The van der Waals surface area contributed by atoms with Crippen molar-refractivity contribution >= 4 is 36.7 Å². The molecule has 6 nitrogen and oxygen atoms in total. The zero-order valence-corrected chi connectivity index (χ0v) is 16.1. The van der Waals surface area contributed by atoms with Crippen LogP contribution in [0.2, 0.25) is 0 Å². The van der Waals surface area contributed by atoms with E-state index >= 15 is 0 Å². The normalized spacial score (nSPS) is 17.4. The van der Waals surface area contributed by atoms with Crippen molar-refractivity contribution in [2.75, 3.05) is 18.0 Å². The molecule has 8 heteroatoms. The zero-order chi connectivity index (χ0) is 16.8. The lowest BCUT2D eigenvalue weighted by molar-refractivity contribution is -0.123. The Bertz CT molecular complexity index is 659. The minimum Gasteiger partial charge on any atom is -0.350 e. The lowest BCUT2D eigenvalue weighted by Gasteiger charge is -2.33. The number of amides is 1. The molecule has 2 atom stereocenters. The number of hydrogen-bond acceptors (Lipinski definition) is 5. The number of nitrogens with one attached hydrogen (secondary N) is 1. The minimum atomic E-state index is -0.532. The van der Waals surface area contributed by atoms with Gasteiger partial charge in [0.05, 0.1) is 6.04 Å². The number of halogens is 2. The Morgan fingerprint density at radius 2 is 1.88 bits per heavy atom. The van der Waals surface area contributed by atoms with Gasteiger partial charge < -0.3 is 16.0 Å². The fourth-order valence-corrected chi connectivity index (χ4v) is 3.00. The van der Waals surface area contributed by atoms with Crippen molar-refractivity contribution in [2.24, 2.45) is 5.73 Å². The van der Waals surface area contributed by atoms with Gasteiger partial charge in [-0.1, -0.05) is 30.3 Å². The molecule has 0 spiro atoms. The maximum atomic E-state index is 12.4. The highest BCUT2D eigenvalue weighted by molar-refractivity contribution is 5.85. The van der Waals surface area contributed by atoms with Crippen LogP contribution in [0.4, 0.5) is 5.95 Å². The molecule has 0 aliphatic carbocycles. The predicted molar refractivity (Wildman–Crippen MR) is 108 cm³/mol. The molecule has 1 saturated heterocycles. The van der Waals surface area contributed by atoms with E-state index in [2.05, 4.69) is 20.2 Å². The molecule has 3 rings (SSSR count). The van der Waals surface area contributed by atoms with Gasteiger partial charge in [0.2, 0.25) is 11.9 Å². The van der Waals surface area contributed by atoms with Gasteiger partial charge in [-0.15, -0.1) is 24.8 Å². The summed E-state index contributed by atoms with van der Waals surface area (Å²) in [6, 6.07) is 11.2. The number of aromatic nitrogens is 2. The summed E-state index contributed by atoms with van der Waals surface area (Å²) < 4.78 is 0. The van der Waals surface area contributed by atoms with Crippen molar-refractivity contribution in [1.29, 1.82) is 0 Å². The average Bonchev–Trinajstić information content (AvgIpc) is 2.63. The van der Waals surface area contributed by atoms with E-state index in [1.54, 1.807) is 18.5 Å². The third-order valence-corrected chi connectivity index (χ3v) is 4.24. The Kier molecular flexibility index (Phi) is 9.34. The minimum absolute atomic E-state index is 0. The van der Waals surface area contributed by atoms with Gasteiger partial charge in [-0.3, -0.25) is 4.79 Å². The first-order chi connectivity index (χ1) is 11.7. The molecule has 1 amide bonds. The quantitative estimate of drug-likeness (QED) is 0.805. The molecule has 0 saturated carbocycles. The first kappa shape index (κ1) is 22.2. The second-order valence-electron chi connectivity index (χ2n) is 6.14. The van der Waals surface area contributed by atoms with E-state index in [1.807, 2.05) is 30.3 Å². The van der Waals surface area contributed by atoms with E-state index < -0.39 is 6.04 Å². The zero-order valence-electron chi connectivity index (χ0n) is 14.5. The molecule has 1 unspecified atom stereocenters. The maximum Gasteiger partial charge on any atom is 0.237 e. The van der Waals surface area contributed by atoms with Gasteiger partial charge in [-0.05, 0) is 30.9 Å². The SMILES string of the molecule is Cl.Cl.N[C@@H](Cc1ccccc1)C(=O)NC1CCCN(c2ncccn2)C1. The highest BCUT2D eigenvalue weighted by atomic mass is 35.5. The number of hydrogen-bond donors (Lipinski definition) is 2. The third-order valence-electron chi connectivity index (χ3n) is 4.24. The second kappa shape index (κ2) is 11.0. The number of carbonyl (C=O) groups is 1. The molecule has 3 N–H and O–H groups in total. The van der Waals surface area contributed by atoms with Gasteiger partial charge in [0.1, 0.15) is 0 Å². The topological polar surface area (TPSA) is 84.1 Å². The van der Waals surface area contributed by atoms with Crippen LogP contribution in [0.1, 0.15) is 18.4 Å². The van der Waals surface area contributed by atoms with Gasteiger partial charge in [0, 0.05) is 31.5 Å². The summed E-state index contributed by atoms with van der Waals surface area (Å²) in [5.41, 5.74) is 7.13. The first-order valence-corrected chi connectivity index (χ1v) is 8.34. The molecular formula is C18H25Cl2N5O. The molecule has 142 valence electrons. The van der Waals surface area contributed by atoms with Gasteiger partial charge in [-0.2, -0.15) is 0 Å². The molecule has 26 heavy (non-hydrogen) atoms.